The molecule has 0 aromatic heterocycles. The van der Waals surface area contributed by atoms with E-state index in [9.17, 15) is 9.59 Å². The highest BCUT2D eigenvalue weighted by Gasteiger charge is 2.47. The average Bonchev–Trinajstić information content (AvgIpc) is 2.84. The van der Waals surface area contributed by atoms with Gasteiger partial charge in [0.15, 0.2) is 6.61 Å². The fraction of sp³-hybridized carbons (Fsp3) is 0.474. The highest BCUT2D eigenvalue weighted by atomic mass is 16.5. The Bertz CT molecular complexity index is 788. The van der Waals surface area contributed by atoms with E-state index < -0.39 is 0 Å². The molecule has 0 radical (unpaired) electrons. The van der Waals surface area contributed by atoms with Crippen LogP contribution in [-0.4, -0.2) is 41.9 Å². The number of hydrogen-bond acceptors (Lipinski definition) is 4. The molecule has 0 spiro atoms. The number of carbonyl (C=O) groups is 2. The Morgan fingerprint density at radius 1 is 1.12 bits per heavy atom. The quantitative estimate of drug-likeness (QED) is 0.746. The number of carbonyl (C=O) groups excluding carboxylic acids is 2. The molecule has 3 heterocycles. The number of ether oxygens (including phenoxy) is 1. The molecule has 5 rings (SSSR count). The summed E-state index contributed by atoms with van der Waals surface area (Å²) in [4.78, 5) is 27.6. The average molecular weight is 339 g/mol. The number of fused-ring (bicyclic) bond motifs is 6. The van der Waals surface area contributed by atoms with Gasteiger partial charge in [-0.25, -0.2) is 0 Å². The second kappa shape index (κ2) is 5.51. The van der Waals surface area contributed by atoms with Gasteiger partial charge in [-0.15, -0.1) is 0 Å². The smallest absolute Gasteiger partial charge is 0.261 e. The Morgan fingerprint density at radius 3 is 2.88 bits per heavy atom. The molecule has 1 aromatic rings. The number of amides is 2. The van der Waals surface area contributed by atoms with Gasteiger partial charge in [0.2, 0.25) is 0 Å². The molecule has 130 valence electrons. The highest BCUT2D eigenvalue weighted by molar-refractivity contribution is 5.99. The molecule has 1 aromatic carbocycles. The van der Waals surface area contributed by atoms with Crippen LogP contribution in [0.4, 0.5) is 0 Å². The van der Waals surface area contributed by atoms with Gasteiger partial charge in [-0.2, -0.15) is 0 Å². The summed E-state index contributed by atoms with van der Waals surface area (Å²) in [6.45, 7) is 0.542. The first kappa shape index (κ1) is 14.8. The van der Waals surface area contributed by atoms with E-state index in [1.165, 1.54) is 0 Å². The summed E-state index contributed by atoms with van der Waals surface area (Å²) in [5.74, 6) is 0.582. The molecule has 6 heteroatoms. The summed E-state index contributed by atoms with van der Waals surface area (Å²) in [5, 5.41) is 6.53. The number of benzene rings is 1. The minimum Gasteiger partial charge on any atom is -0.483 e. The van der Waals surface area contributed by atoms with Gasteiger partial charge >= 0.3 is 0 Å². The standard InChI is InChI=1S/C19H21N3O3/c23-16-10-25-15-8-4-1-5-11(15)18-17-13(9-20-19(17)24)21-12-6-2-3-7-14(12)22(16)18/h1,4-5,8,12,14,18,21H,2-3,6-7,9-10H2,(H,20,24)/t12-,14-,18-/m1/s1. The van der Waals surface area contributed by atoms with Gasteiger partial charge in [0.25, 0.3) is 11.8 Å². The van der Waals surface area contributed by atoms with Crippen molar-refractivity contribution in [3.63, 3.8) is 0 Å². The zero-order valence-electron chi connectivity index (χ0n) is 14.0. The molecule has 4 aliphatic rings. The third-order valence-corrected chi connectivity index (χ3v) is 5.85. The third-order valence-electron chi connectivity index (χ3n) is 5.85. The van der Waals surface area contributed by atoms with Crippen LogP contribution >= 0.6 is 0 Å². The van der Waals surface area contributed by atoms with E-state index in [0.717, 1.165) is 36.9 Å². The number of para-hydroxylation sites is 1. The predicted octanol–water partition coefficient (Wildman–Crippen LogP) is 1.25. The normalized spacial score (nSPS) is 30.7. The second-order valence-electron chi connectivity index (χ2n) is 7.21. The number of nitrogens with one attached hydrogen (secondary N) is 2. The van der Waals surface area contributed by atoms with Gasteiger partial charge in [-0.3, -0.25) is 9.59 Å². The molecule has 3 atom stereocenters. The molecular weight excluding hydrogens is 318 g/mol. The van der Waals surface area contributed by atoms with Crippen LogP contribution in [0.1, 0.15) is 37.3 Å². The minimum absolute atomic E-state index is 0.0287. The maximum Gasteiger partial charge on any atom is 0.261 e. The van der Waals surface area contributed by atoms with Gasteiger partial charge in [0.1, 0.15) is 5.75 Å². The van der Waals surface area contributed by atoms with Crippen LogP contribution in [0.15, 0.2) is 35.5 Å². The summed E-state index contributed by atoms with van der Waals surface area (Å²) < 4.78 is 5.79. The summed E-state index contributed by atoms with van der Waals surface area (Å²) in [7, 11) is 0. The van der Waals surface area contributed by atoms with Gasteiger partial charge in [-0.05, 0) is 18.9 Å². The molecule has 1 aliphatic carbocycles. The van der Waals surface area contributed by atoms with Crippen molar-refractivity contribution < 1.29 is 14.3 Å². The first-order chi connectivity index (χ1) is 12.2. The largest absolute Gasteiger partial charge is 0.483 e. The van der Waals surface area contributed by atoms with Crippen molar-refractivity contribution in [3.05, 3.63) is 41.1 Å². The molecule has 3 aliphatic heterocycles. The van der Waals surface area contributed by atoms with Crippen LogP contribution in [0.25, 0.3) is 0 Å². The zero-order valence-corrected chi connectivity index (χ0v) is 14.0. The minimum atomic E-state index is -0.371. The summed E-state index contributed by atoms with van der Waals surface area (Å²) in [6.07, 6.45) is 4.25. The Kier molecular flexibility index (Phi) is 3.26. The Balaban J connectivity index is 1.73. The molecule has 0 bridgehead atoms. The molecule has 6 nitrogen and oxygen atoms in total. The van der Waals surface area contributed by atoms with E-state index in [0.29, 0.717) is 17.9 Å². The van der Waals surface area contributed by atoms with Gasteiger partial charge < -0.3 is 20.3 Å². The van der Waals surface area contributed by atoms with E-state index in [2.05, 4.69) is 10.6 Å². The van der Waals surface area contributed by atoms with Crippen molar-refractivity contribution in [1.82, 2.24) is 15.5 Å². The first-order valence-electron chi connectivity index (χ1n) is 9.04. The topological polar surface area (TPSA) is 70.7 Å². The number of hydrogen-bond donors (Lipinski definition) is 2. The molecule has 1 fully saturated rings. The van der Waals surface area contributed by atoms with Crippen molar-refractivity contribution in [2.45, 2.75) is 43.8 Å². The summed E-state index contributed by atoms with van der Waals surface area (Å²) >= 11 is 0. The summed E-state index contributed by atoms with van der Waals surface area (Å²) in [6, 6.07) is 7.64. The van der Waals surface area contributed by atoms with Crippen LogP contribution in [-0.2, 0) is 9.59 Å². The Hall–Kier alpha value is -2.50. The SMILES string of the molecule is O=C1NCC2=C1[C@H]1c3ccccc3OCC(=O)N1[C@@H]1CCCC[C@H]1N2. The van der Waals surface area contributed by atoms with E-state index in [1.54, 1.807) is 0 Å². The van der Waals surface area contributed by atoms with Gasteiger partial charge in [-0.1, -0.05) is 31.0 Å². The second-order valence-corrected chi connectivity index (χ2v) is 7.21. The highest BCUT2D eigenvalue weighted by Crippen LogP contribution is 2.44. The van der Waals surface area contributed by atoms with Crippen molar-refractivity contribution in [1.29, 1.82) is 0 Å². The molecular formula is C19H21N3O3. The monoisotopic (exact) mass is 339 g/mol. The lowest BCUT2D eigenvalue weighted by Crippen LogP contribution is -2.54. The molecule has 25 heavy (non-hydrogen) atoms. The van der Waals surface area contributed by atoms with Crippen LogP contribution in [0, 0.1) is 0 Å². The van der Waals surface area contributed by atoms with Crippen molar-refractivity contribution >= 4 is 11.8 Å². The summed E-state index contributed by atoms with van der Waals surface area (Å²) in [5.41, 5.74) is 2.53. The Morgan fingerprint density at radius 2 is 1.96 bits per heavy atom. The van der Waals surface area contributed by atoms with Crippen molar-refractivity contribution in [3.8, 4) is 5.75 Å². The van der Waals surface area contributed by atoms with E-state index >= 15 is 0 Å². The van der Waals surface area contributed by atoms with Gasteiger partial charge in [0.05, 0.1) is 24.2 Å². The first-order valence-corrected chi connectivity index (χ1v) is 9.04. The van der Waals surface area contributed by atoms with Crippen LogP contribution in [0.2, 0.25) is 0 Å². The number of nitrogens with zero attached hydrogens (tertiary/aromatic N) is 1. The fourth-order valence-electron chi connectivity index (χ4n) is 4.77. The van der Waals surface area contributed by atoms with Gasteiger partial charge in [0, 0.05) is 17.3 Å². The number of rotatable bonds is 0. The molecule has 1 saturated carbocycles. The van der Waals surface area contributed by atoms with Crippen molar-refractivity contribution in [2.75, 3.05) is 13.2 Å². The fourth-order valence-corrected chi connectivity index (χ4v) is 4.77. The maximum atomic E-state index is 13.0. The maximum absolute atomic E-state index is 13.0. The van der Waals surface area contributed by atoms with Crippen LogP contribution < -0.4 is 15.4 Å². The lowest BCUT2D eigenvalue weighted by atomic mass is 9.87. The zero-order chi connectivity index (χ0) is 17.0. The van der Waals surface area contributed by atoms with E-state index in [1.807, 2.05) is 29.2 Å². The van der Waals surface area contributed by atoms with E-state index in [4.69, 9.17) is 4.74 Å². The lowest BCUT2D eigenvalue weighted by molar-refractivity contribution is -0.138. The molecule has 2 amide bonds. The van der Waals surface area contributed by atoms with E-state index in [-0.39, 0.29) is 36.5 Å². The van der Waals surface area contributed by atoms with Crippen molar-refractivity contribution in [2.24, 2.45) is 0 Å². The molecule has 0 saturated heterocycles. The third kappa shape index (κ3) is 2.16. The Labute approximate surface area is 146 Å². The molecule has 2 N–H and O–H groups in total. The van der Waals surface area contributed by atoms with Crippen LogP contribution in [0.3, 0.4) is 0 Å². The lowest BCUT2D eigenvalue weighted by Gasteiger charge is -2.41. The molecule has 0 unspecified atom stereocenters. The predicted molar refractivity (Wildman–Crippen MR) is 90.7 cm³/mol. The van der Waals surface area contributed by atoms with Crippen LogP contribution in [0.5, 0.6) is 5.75 Å².